The molecule has 2 N–H and O–H groups in total. The van der Waals surface area contributed by atoms with Gasteiger partial charge in [0.2, 0.25) is 0 Å². The molecule has 1 saturated carbocycles. The molecule has 0 radical (unpaired) electrons. The van der Waals surface area contributed by atoms with E-state index in [0.717, 1.165) is 24.7 Å². The lowest BCUT2D eigenvalue weighted by atomic mass is 9.67. The average molecular weight is 280 g/mol. The first-order chi connectivity index (χ1) is 9.19. The first kappa shape index (κ1) is 14.3. The fourth-order valence-electron chi connectivity index (χ4n) is 2.48. The normalized spacial score (nSPS) is 17.9. The maximum absolute atomic E-state index is 4.29. The number of nitrogens with one attached hydrogen (secondary N) is 2. The van der Waals surface area contributed by atoms with Gasteiger partial charge in [0.05, 0.1) is 17.7 Å². The quantitative estimate of drug-likeness (QED) is 0.644. The van der Waals surface area contributed by atoms with Crippen molar-refractivity contribution in [3.05, 3.63) is 16.1 Å². The smallest absolute Gasteiger partial charge is 0.191 e. The third-order valence-corrected chi connectivity index (χ3v) is 5.21. The Morgan fingerprint density at radius 1 is 1.47 bits per heavy atom. The molecular formula is C14H24N4S. The predicted octanol–water partition coefficient (Wildman–Crippen LogP) is 2.70. The molecule has 5 heteroatoms. The third-order valence-electron chi connectivity index (χ3n) is 4.28. The summed E-state index contributed by atoms with van der Waals surface area (Å²) in [6, 6.07) is 0. The van der Waals surface area contributed by atoms with Crippen molar-refractivity contribution in [1.29, 1.82) is 0 Å². The fraction of sp³-hybridized carbons (Fsp3) is 0.714. The second-order valence-corrected chi connectivity index (χ2v) is 6.29. The summed E-state index contributed by atoms with van der Waals surface area (Å²) in [7, 11) is 1.83. The molecule has 0 unspecified atom stereocenters. The first-order valence-corrected chi connectivity index (χ1v) is 7.90. The summed E-state index contributed by atoms with van der Waals surface area (Å²) in [5, 5.41) is 6.83. The molecule has 0 aromatic carbocycles. The molecule has 0 aliphatic heterocycles. The van der Waals surface area contributed by atoms with Crippen LogP contribution in [0.25, 0.3) is 0 Å². The molecule has 1 heterocycles. The zero-order chi connectivity index (χ0) is 13.7. The van der Waals surface area contributed by atoms with E-state index in [9.17, 15) is 0 Å². The molecule has 4 nitrogen and oxygen atoms in total. The van der Waals surface area contributed by atoms with E-state index < -0.39 is 0 Å². The summed E-state index contributed by atoms with van der Waals surface area (Å²) in [6.07, 6.45) is 5.33. The van der Waals surface area contributed by atoms with Gasteiger partial charge >= 0.3 is 0 Å². The van der Waals surface area contributed by atoms with Gasteiger partial charge in [0.15, 0.2) is 5.96 Å². The van der Waals surface area contributed by atoms with Crippen LogP contribution in [0.3, 0.4) is 0 Å². The zero-order valence-electron chi connectivity index (χ0n) is 12.1. The Morgan fingerprint density at radius 3 is 2.74 bits per heavy atom. The molecular weight excluding hydrogens is 256 g/mol. The van der Waals surface area contributed by atoms with Crippen molar-refractivity contribution in [2.75, 3.05) is 13.6 Å². The van der Waals surface area contributed by atoms with E-state index in [4.69, 9.17) is 0 Å². The summed E-state index contributed by atoms with van der Waals surface area (Å²) in [5.74, 6) is 0.896. The highest BCUT2D eigenvalue weighted by Crippen LogP contribution is 2.42. The van der Waals surface area contributed by atoms with Crippen molar-refractivity contribution in [3.8, 4) is 0 Å². The van der Waals surface area contributed by atoms with Gasteiger partial charge in [-0.1, -0.05) is 13.3 Å². The maximum atomic E-state index is 4.29. The van der Waals surface area contributed by atoms with E-state index >= 15 is 0 Å². The summed E-state index contributed by atoms with van der Waals surface area (Å²) in [4.78, 5) is 9.83. The van der Waals surface area contributed by atoms with Gasteiger partial charge in [-0.15, -0.1) is 11.3 Å². The number of rotatable bonds is 5. The summed E-state index contributed by atoms with van der Waals surface area (Å²) in [5.41, 5.74) is 3.51. The van der Waals surface area contributed by atoms with Crippen LogP contribution in [-0.4, -0.2) is 24.5 Å². The van der Waals surface area contributed by atoms with Gasteiger partial charge in [-0.3, -0.25) is 4.99 Å². The van der Waals surface area contributed by atoms with Gasteiger partial charge in [0, 0.05) is 18.5 Å². The van der Waals surface area contributed by atoms with Crippen LogP contribution in [-0.2, 0) is 6.54 Å². The highest BCUT2D eigenvalue weighted by Gasteiger charge is 2.34. The molecule has 0 amide bonds. The molecule has 1 aromatic heterocycles. The lowest BCUT2D eigenvalue weighted by Crippen LogP contribution is -2.46. The Labute approximate surface area is 119 Å². The van der Waals surface area contributed by atoms with Crippen LogP contribution in [0, 0.1) is 12.3 Å². The lowest BCUT2D eigenvalue weighted by Gasteiger charge is -2.41. The lowest BCUT2D eigenvalue weighted by molar-refractivity contribution is 0.131. The van der Waals surface area contributed by atoms with E-state index in [-0.39, 0.29) is 0 Å². The zero-order valence-corrected chi connectivity index (χ0v) is 12.9. The number of aryl methyl sites for hydroxylation is 1. The molecule has 2 rings (SSSR count). The van der Waals surface area contributed by atoms with Crippen LogP contribution in [0.5, 0.6) is 0 Å². The minimum Gasteiger partial charge on any atom is -0.356 e. The van der Waals surface area contributed by atoms with E-state index in [1.807, 2.05) is 19.5 Å². The molecule has 1 fully saturated rings. The second kappa shape index (κ2) is 6.37. The van der Waals surface area contributed by atoms with Crippen molar-refractivity contribution < 1.29 is 0 Å². The largest absolute Gasteiger partial charge is 0.356 e. The molecule has 0 atom stereocenters. The summed E-state index contributed by atoms with van der Waals surface area (Å²) >= 11 is 1.69. The molecule has 1 aliphatic carbocycles. The molecule has 1 aliphatic rings. The Kier molecular flexibility index (Phi) is 4.80. The number of thiazole rings is 1. The van der Waals surface area contributed by atoms with Crippen LogP contribution in [0.15, 0.2) is 10.5 Å². The van der Waals surface area contributed by atoms with Gasteiger partial charge < -0.3 is 10.6 Å². The van der Waals surface area contributed by atoms with E-state index in [1.165, 1.54) is 30.6 Å². The van der Waals surface area contributed by atoms with Gasteiger partial charge in [0.1, 0.15) is 0 Å². The number of nitrogens with zero attached hydrogens (tertiary/aromatic N) is 2. The average Bonchev–Trinajstić information content (AvgIpc) is 2.78. The molecule has 19 heavy (non-hydrogen) atoms. The van der Waals surface area contributed by atoms with Crippen molar-refractivity contribution >= 4 is 17.3 Å². The summed E-state index contributed by atoms with van der Waals surface area (Å²) < 4.78 is 0. The Hall–Kier alpha value is -1.10. The number of hydrogen-bond acceptors (Lipinski definition) is 3. The molecule has 106 valence electrons. The van der Waals surface area contributed by atoms with Gasteiger partial charge in [-0.2, -0.15) is 0 Å². The monoisotopic (exact) mass is 280 g/mol. The fourth-order valence-corrected chi connectivity index (χ4v) is 3.20. The second-order valence-electron chi connectivity index (χ2n) is 5.35. The molecule has 1 aromatic rings. The van der Waals surface area contributed by atoms with Crippen molar-refractivity contribution in [2.45, 2.75) is 46.1 Å². The minimum absolute atomic E-state index is 0.512. The van der Waals surface area contributed by atoms with Crippen molar-refractivity contribution in [2.24, 2.45) is 10.4 Å². The third kappa shape index (κ3) is 3.47. The van der Waals surface area contributed by atoms with Crippen molar-refractivity contribution in [3.63, 3.8) is 0 Å². The standard InChI is InChI=1S/C14H24N4S/c1-4-14(6-5-7-14)9-17-13(15-3)16-8-12-11(2)18-10-19-12/h10H,4-9H2,1-3H3,(H2,15,16,17). The van der Waals surface area contributed by atoms with E-state index in [2.05, 4.69) is 27.5 Å². The van der Waals surface area contributed by atoms with E-state index in [0.29, 0.717) is 5.41 Å². The molecule has 0 spiro atoms. The topological polar surface area (TPSA) is 49.3 Å². The number of aromatic nitrogens is 1. The Balaban J connectivity index is 1.79. The number of guanidine groups is 1. The van der Waals surface area contributed by atoms with Gasteiger partial charge in [-0.05, 0) is 31.6 Å². The SMILES string of the molecule is CCC1(CNC(=NC)NCc2scnc2C)CCC1. The van der Waals surface area contributed by atoms with Gasteiger partial charge in [0.25, 0.3) is 0 Å². The summed E-state index contributed by atoms with van der Waals surface area (Å²) in [6.45, 7) is 6.17. The first-order valence-electron chi connectivity index (χ1n) is 7.02. The highest BCUT2D eigenvalue weighted by atomic mass is 32.1. The van der Waals surface area contributed by atoms with Gasteiger partial charge in [-0.25, -0.2) is 4.98 Å². The maximum Gasteiger partial charge on any atom is 0.191 e. The Bertz CT molecular complexity index is 429. The van der Waals surface area contributed by atoms with Crippen LogP contribution < -0.4 is 10.6 Å². The Morgan fingerprint density at radius 2 is 2.26 bits per heavy atom. The predicted molar refractivity (Wildman–Crippen MR) is 81.6 cm³/mol. The minimum atomic E-state index is 0.512. The number of hydrogen-bond donors (Lipinski definition) is 2. The van der Waals surface area contributed by atoms with Crippen LogP contribution >= 0.6 is 11.3 Å². The van der Waals surface area contributed by atoms with Crippen molar-refractivity contribution in [1.82, 2.24) is 15.6 Å². The highest BCUT2D eigenvalue weighted by molar-refractivity contribution is 7.09. The van der Waals surface area contributed by atoms with Crippen LogP contribution in [0.4, 0.5) is 0 Å². The molecule has 0 bridgehead atoms. The van der Waals surface area contributed by atoms with Crippen LogP contribution in [0.2, 0.25) is 0 Å². The van der Waals surface area contributed by atoms with Crippen LogP contribution in [0.1, 0.15) is 43.2 Å². The number of aliphatic imine (C=N–C) groups is 1. The molecule has 0 saturated heterocycles. The van der Waals surface area contributed by atoms with E-state index in [1.54, 1.807) is 11.3 Å².